The SMILES string of the molecule is CCc1cc(NC(=O)c2cnn(-c3ccc(F)cc3)n2)n[nH]1. The van der Waals surface area contributed by atoms with E-state index in [2.05, 4.69) is 25.7 Å². The molecule has 0 radical (unpaired) electrons. The van der Waals surface area contributed by atoms with Crippen LogP contribution >= 0.6 is 0 Å². The molecular weight excluding hydrogens is 287 g/mol. The Kier molecular flexibility index (Phi) is 3.65. The van der Waals surface area contributed by atoms with E-state index in [1.54, 1.807) is 6.07 Å². The van der Waals surface area contributed by atoms with E-state index in [0.717, 1.165) is 12.1 Å². The number of nitrogens with one attached hydrogen (secondary N) is 2. The average Bonchev–Trinajstić information content (AvgIpc) is 3.17. The molecule has 22 heavy (non-hydrogen) atoms. The van der Waals surface area contributed by atoms with Gasteiger partial charge in [0, 0.05) is 11.8 Å². The van der Waals surface area contributed by atoms with Crippen molar-refractivity contribution in [1.29, 1.82) is 0 Å². The number of halogens is 1. The van der Waals surface area contributed by atoms with Gasteiger partial charge in [0.05, 0.1) is 11.9 Å². The van der Waals surface area contributed by atoms with Gasteiger partial charge in [-0.1, -0.05) is 6.92 Å². The molecule has 0 saturated carbocycles. The normalized spacial score (nSPS) is 10.6. The molecule has 112 valence electrons. The van der Waals surface area contributed by atoms with E-state index in [-0.39, 0.29) is 11.5 Å². The minimum absolute atomic E-state index is 0.144. The first-order chi connectivity index (χ1) is 10.7. The van der Waals surface area contributed by atoms with E-state index >= 15 is 0 Å². The fourth-order valence-corrected chi connectivity index (χ4v) is 1.85. The predicted molar refractivity (Wildman–Crippen MR) is 77.2 cm³/mol. The second kappa shape index (κ2) is 5.76. The third-order valence-corrected chi connectivity index (χ3v) is 3.04. The summed E-state index contributed by atoms with van der Waals surface area (Å²) < 4.78 is 12.9. The van der Waals surface area contributed by atoms with Crippen LogP contribution in [0, 0.1) is 5.82 Å². The van der Waals surface area contributed by atoms with Crippen LogP contribution in [0.3, 0.4) is 0 Å². The van der Waals surface area contributed by atoms with E-state index in [1.165, 1.54) is 35.3 Å². The van der Waals surface area contributed by atoms with Gasteiger partial charge < -0.3 is 5.32 Å². The van der Waals surface area contributed by atoms with Crippen LogP contribution in [0.5, 0.6) is 0 Å². The van der Waals surface area contributed by atoms with Crippen LogP contribution in [-0.2, 0) is 6.42 Å². The first kappa shape index (κ1) is 13.9. The molecule has 0 aliphatic heterocycles. The summed E-state index contributed by atoms with van der Waals surface area (Å²) in [5.41, 5.74) is 1.63. The zero-order valence-electron chi connectivity index (χ0n) is 11.7. The molecule has 0 bridgehead atoms. The van der Waals surface area contributed by atoms with Gasteiger partial charge in [0.15, 0.2) is 11.5 Å². The zero-order chi connectivity index (χ0) is 15.5. The number of anilines is 1. The monoisotopic (exact) mass is 300 g/mol. The van der Waals surface area contributed by atoms with Gasteiger partial charge in [-0.3, -0.25) is 9.89 Å². The number of carbonyl (C=O) groups excluding carboxylic acids is 1. The van der Waals surface area contributed by atoms with Crippen molar-refractivity contribution in [3.63, 3.8) is 0 Å². The van der Waals surface area contributed by atoms with E-state index in [1.807, 2.05) is 6.92 Å². The highest BCUT2D eigenvalue weighted by molar-refractivity contribution is 6.02. The molecule has 1 amide bonds. The maximum atomic E-state index is 12.9. The third kappa shape index (κ3) is 2.85. The first-order valence-corrected chi connectivity index (χ1v) is 6.69. The van der Waals surface area contributed by atoms with Crippen LogP contribution in [0.4, 0.5) is 10.2 Å². The summed E-state index contributed by atoms with van der Waals surface area (Å²) in [4.78, 5) is 13.3. The predicted octanol–water partition coefficient (Wildman–Crippen LogP) is 1.94. The van der Waals surface area contributed by atoms with Gasteiger partial charge in [-0.2, -0.15) is 15.0 Å². The number of carbonyl (C=O) groups is 1. The van der Waals surface area contributed by atoms with E-state index in [4.69, 9.17) is 0 Å². The number of aromatic amines is 1. The van der Waals surface area contributed by atoms with Crippen LogP contribution in [-0.4, -0.2) is 31.1 Å². The van der Waals surface area contributed by atoms with Gasteiger partial charge >= 0.3 is 0 Å². The molecule has 7 nitrogen and oxygen atoms in total. The summed E-state index contributed by atoms with van der Waals surface area (Å²) in [5, 5.41) is 17.5. The van der Waals surface area contributed by atoms with Crippen molar-refractivity contribution in [1.82, 2.24) is 25.2 Å². The number of rotatable bonds is 4. The topological polar surface area (TPSA) is 88.5 Å². The Hall–Kier alpha value is -3.03. The fourth-order valence-electron chi connectivity index (χ4n) is 1.85. The lowest BCUT2D eigenvalue weighted by Gasteiger charge is -1.99. The van der Waals surface area contributed by atoms with Gasteiger partial charge in [0.2, 0.25) is 0 Å². The van der Waals surface area contributed by atoms with Crippen molar-refractivity contribution in [3.8, 4) is 5.69 Å². The van der Waals surface area contributed by atoms with Crippen LogP contribution in [0.15, 0.2) is 36.5 Å². The molecule has 0 saturated heterocycles. The Morgan fingerprint density at radius 3 is 2.82 bits per heavy atom. The number of nitrogens with zero attached hydrogens (tertiary/aromatic N) is 4. The molecular formula is C14H13FN6O. The molecule has 1 aromatic carbocycles. The van der Waals surface area contributed by atoms with Crippen LogP contribution in [0.25, 0.3) is 5.69 Å². The van der Waals surface area contributed by atoms with E-state index in [0.29, 0.717) is 11.5 Å². The number of aryl methyl sites for hydroxylation is 1. The summed E-state index contributed by atoms with van der Waals surface area (Å²) in [7, 11) is 0. The Morgan fingerprint density at radius 2 is 2.14 bits per heavy atom. The quantitative estimate of drug-likeness (QED) is 0.770. The largest absolute Gasteiger partial charge is 0.304 e. The summed E-state index contributed by atoms with van der Waals surface area (Å²) in [6, 6.07) is 7.40. The minimum Gasteiger partial charge on any atom is -0.304 e. The Morgan fingerprint density at radius 1 is 1.36 bits per heavy atom. The Bertz CT molecular complexity index is 792. The third-order valence-electron chi connectivity index (χ3n) is 3.04. The molecule has 2 heterocycles. The molecule has 0 aliphatic rings. The molecule has 3 aromatic rings. The second-order valence-electron chi connectivity index (χ2n) is 4.58. The maximum Gasteiger partial charge on any atom is 0.279 e. The molecule has 2 N–H and O–H groups in total. The molecule has 0 unspecified atom stereocenters. The zero-order valence-corrected chi connectivity index (χ0v) is 11.7. The molecule has 0 aliphatic carbocycles. The van der Waals surface area contributed by atoms with Gasteiger partial charge in [0.25, 0.3) is 5.91 Å². The number of H-pyrrole nitrogens is 1. The Labute approximate surface area is 125 Å². The lowest BCUT2D eigenvalue weighted by Crippen LogP contribution is -2.13. The molecule has 8 heteroatoms. The summed E-state index contributed by atoms with van der Waals surface area (Å²) >= 11 is 0. The van der Waals surface area contributed by atoms with Crippen molar-refractivity contribution in [2.45, 2.75) is 13.3 Å². The number of aromatic nitrogens is 5. The average molecular weight is 300 g/mol. The van der Waals surface area contributed by atoms with Crippen molar-refractivity contribution >= 4 is 11.7 Å². The van der Waals surface area contributed by atoms with Gasteiger partial charge in [-0.15, -0.1) is 5.10 Å². The van der Waals surface area contributed by atoms with E-state index in [9.17, 15) is 9.18 Å². The maximum absolute atomic E-state index is 12.9. The van der Waals surface area contributed by atoms with Gasteiger partial charge in [0.1, 0.15) is 5.82 Å². The van der Waals surface area contributed by atoms with Crippen LogP contribution < -0.4 is 5.32 Å². The molecule has 0 spiro atoms. The molecule has 3 rings (SSSR count). The molecule has 2 aromatic heterocycles. The number of hydrogen-bond acceptors (Lipinski definition) is 4. The van der Waals surface area contributed by atoms with Gasteiger partial charge in [-0.25, -0.2) is 4.39 Å². The molecule has 0 fully saturated rings. The molecule has 0 atom stereocenters. The highest BCUT2D eigenvalue weighted by Gasteiger charge is 2.13. The van der Waals surface area contributed by atoms with Crippen LogP contribution in [0.1, 0.15) is 23.1 Å². The standard InChI is InChI=1S/C14H13FN6O/c1-2-10-7-13(19-18-10)17-14(22)12-8-16-21(20-12)11-5-3-9(15)4-6-11/h3-8H,2H2,1H3,(H2,17,18,19,22). The summed E-state index contributed by atoms with van der Waals surface area (Å²) in [6.45, 7) is 1.98. The number of benzene rings is 1. The van der Waals surface area contributed by atoms with Gasteiger partial charge in [-0.05, 0) is 30.7 Å². The summed E-state index contributed by atoms with van der Waals surface area (Å²) in [6.07, 6.45) is 2.13. The highest BCUT2D eigenvalue weighted by Crippen LogP contribution is 2.09. The van der Waals surface area contributed by atoms with Crippen molar-refractivity contribution in [2.75, 3.05) is 5.32 Å². The summed E-state index contributed by atoms with van der Waals surface area (Å²) in [5.74, 6) is -0.333. The lowest BCUT2D eigenvalue weighted by atomic mass is 10.3. The van der Waals surface area contributed by atoms with Crippen molar-refractivity contribution < 1.29 is 9.18 Å². The number of hydrogen-bond donors (Lipinski definition) is 2. The number of amides is 1. The Balaban J connectivity index is 1.75. The fraction of sp³-hybridized carbons (Fsp3) is 0.143. The van der Waals surface area contributed by atoms with Crippen molar-refractivity contribution in [3.05, 3.63) is 53.7 Å². The second-order valence-corrected chi connectivity index (χ2v) is 4.58. The first-order valence-electron chi connectivity index (χ1n) is 6.69. The van der Waals surface area contributed by atoms with Crippen molar-refractivity contribution in [2.24, 2.45) is 0 Å². The van der Waals surface area contributed by atoms with E-state index < -0.39 is 5.91 Å². The highest BCUT2D eigenvalue weighted by atomic mass is 19.1. The minimum atomic E-state index is -0.414. The smallest absolute Gasteiger partial charge is 0.279 e. The van der Waals surface area contributed by atoms with Crippen LogP contribution in [0.2, 0.25) is 0 Å². The lowest BCUT2D eigenvalue weighted by molar-refractivity contribution is 0.102.